The van der Waals surface area contributed by atoms with Crippen molar-refractivity contribution >= 4 is 5.91 Å². The Morgan fingerprint density at radius 1 is 0.870 bits per heavy atom. The van der Waals surface area contributed by atoms with Crippen molar-refractivity contribution in [3.8, 4) is 11.1 Å². The Balaban J connectivity index is 1.62. The highest BCUT2D eigenvalue weighted by Crippen LogP contribution is 2.44. The van der Waals surface area contributed by atoms with E-state index in [2.05, 4.69) is 48.6 Å². The van der Waals surface area contributed by atoms with Crippen LogP contribution >= 0.6 is 0 Å². The van der Waals surface area contributed by atoms with E-state index in [4.69, 9.17) is 0 Å². The zero-order chi connectivity index (χ0) is 15.8. The van der Waals surface area contributed by atoms with Crippen LogP contribution in [-0.2, 0) is 4.79 Å². The van der Waals surface area contributed by atoms with Gasteiger partial charge >= 0.3 is 0 Å². The summed E-state index contributed by atoms with van der Waals surface area (Å²) in [6.45, 7) is 2.31. The summed E-state index contributed by atoms with van der Waals surface area (Å²) in [6.07, 6.45) is 4.68. The standard InChI is InChI=1S/C21H23NO/c1-14-10-12-15(13-11-14)22-21(23)20-18-8-4-2-6-16(18)17-7-3-5-9-19(17)20/h2-9,14-15,20H,10-13H2,1H3,(H,22,23). The predicted molar refractivity (Wildman–Crippen MR) is 93.3 cm³/mol. The van der Waals surface area contributed by atoms with Crippen molar-refractivity contribution in [2.75, 3.05) is 0 Å². The number of hydrogen-bond donors (Lipinski definition) is 1. The molecule has 118 valence electrons. The second-order valence-electron chi connectivity index (χ2n) is 7.07. The Labute approximate surface area is 137 Å². The fourth-order valence-electron chi connectivity index (χ4n) is 4.13. The minimum absolute atomic E-state index is 0.151. The third-order valence-electron chi connectivity index (χ3n) is 5.46. The summed E-state index contributed by atoms with van der Waals surface area (Å²) >= 11 is 0. The SMILES string of the molecule is CC1CCC(NC(=O)C2c3ccccc3-c3ccccc32)CC1. The van der Waals surface area contributed by atoms with Crippen molar-refractivity contribution in [2.24, 2.45) is 5.92 Å². The molecule has 4 rings (SSSR count). The lowest BCUT2D eigenvalue weighted by Gasteiger charge is -2.28. The summed E-state index contributed by atoms with van der Waals surface area (Å²) in [5.41, 5.74) is 4.71. The number of hydrogen-bond acceptors (Lipinski definition) is 1. The average Bonchev–Trinajstić information content (AvgIpc) is 2.91. The van der Waals surface area contributed by atoms with Crippen molar-refractivity contribution in [1.29, 1.82) is 0 Å². The molecule has 0 unspecified atom stereocenters. The van der Waals surface area contributed by atoms with Crippen molar-refractivity contribution in [1.82, 2.24) is 5.32 Å². The second kappa shape index (κ2) is 5.84. The van der Waals surface area contributed by atoms with Gasteiger partial charge in [0.2, 0.25) is 5.91 Å². The topological polar surface area (TPSA) is 29.1 Å². The van der Waals surface area contributed by atoms with Gasteiger partial charge in [-0.25, -0.2) is 0 Å². The maximum absolute atomic E-state index is 13.0. The van der Waals surface area contributed by atoms with E-state index in [9.17, 15) is 4.79 Å². The smallest absolute Gasteiger partial charge is 0.232 e. The summed E-state index contributed by atoms with van der Waals surface area (Å²) in [4.78, 5) is 13.0. The molecule has 0 saturated heterocycles. The zero-order valence-corrected chi connectivity index (χ0v) is 13.6. The van der Waals surface area contributed by atoms with E-state index in [0.717, 1.165) is 29.9 Å². The van der Waals surface area contributed by atoms with Crippen molar-refractivity contribution in [2.45, 2.75) is 44.6 Å². The fraction of sp³-hybridized carbons (Fsp3) is 0.381. The number of rotatable bonds is 2. The summed E-state index contributed by atoms with van der Waals surface area (Å²) in [5, 5.41) is 3.32. The average molecular weight is 305 g/mol. The van der Waals surface area contributed by atoms with Crippen LogP contribution < -0.4 is 5.32 Å². The number of benzene rings is 2. The fourth-order valence-corrected chi connectivity index (χ4v) is 4.13. The van der Waals surface area contributed by atoms with Gasteiger partial charge in [-0.2, -0.15) is 0 Å². The molecule has 1 fully saturated rings. The van der Waals surface area contributed by atoms with Gasteiger partial charge in [0.05, 0.1) is 5.92 Å². The molecule has 2 nitrogen and oxygen atoms in total. The number of carbonyl (C=O) groups is 1. The first-order valence-corrected chi connectivity index (χ1v) is 8.72. The van der Waals surface area contributed by atoms with Gasteiger partial charge in [-0.05, 0) is 53.9 Å². The number of amides is 1. The summed E-state index contributed by atoms with van der Waals surface area (Å²) in [6, 6.07) is 17.0. The van der Waals surface area contributed by atoms with Crippen LogP contribution in [0.25, 0.3) is 11.1 Å². The molecule has 0 bridgehead atoms. The molecule has 1 amide bonds. The highest BCUT2D eigenvalue weighted by molar-refractivity contribution is 5.96. The van der Waals surface area contributed by atoms with E-state index >= 15 is 0 Å². The first kappa shape index (κ1) is 14.5. The van der Waals surface area contributed by atoms with Crippen LogP contribution in [0, 0.1) is 5.92 Å². The lowest BCUT2D eigenvalue weighted by atomic mass is 9.86. The van der Waals surface area contributed by atoms with Crippen LogP contribution in [0.1, 0.15) is 49.7 Å². The van der Waals surface area contributed by atoms with Crippen LogP contribution in [0.15, 0.2) is 48.5 Å². The van der Waals surface area contributed by atoms with E-state index in [1.165, 1.54) is 24.0 Å². The van der Waals surface area contributed by atoms with Crippen LogP contribution in [-0.4, -0.2) is 11.9 Å². The van der Waals surface area contributed by atoms with Gasteiger partial charge in [-0.3, -0.25) is 4.79 Å². The molecule has 23 heavy (non-hydrogen) atoms. The normalized spacial score (nSPS) is 23.2. The van der Waals surface area contributed by atoms with Crippen molar-refractivity contribution in [3.05, 3.63) is 59.7 Å². The van der Waals surface area contributed by atoms with Crippen LogP contribution in [0.4, 0.5) is 0 Å². The largest absolute Gasteiger partial charge is 0.353 e. The molecular formula is C21H23NO. The third kappa shape index (κ3) is 2.56. The van der Waals surface area contributed by atoms with E-state index in [-0.39, 0.29) is 11.8 Å². The molecular weight excluding hydrogens is 282 g/mol. The van der Waals surface area contributed by atoms with E-state index in [0.29, 0.717) is 6.04 Å². The molecule has 0 radical (unpaired) electrons. The van der Waals surface area contributed by atoms with Crippen LogP contribution in [0.3, 0.4) is 0 Å². The molecule has 0 spiro atoms. The number of nitrogens with one attached hydrogen (secondary N) is 1. The molecule has 0 aliphatic heterocycles. The Hall–Kier alpha value is -2.09. The Morgan fingerprint density at radius 3 is 1.96 bits per heavy atom. The summed E-state index contributed by atoms with van der Waals surface area (Å²) in [7, 11) is 0. The molecule has 2 aromatic carbocycles. The van der Waals surface area contributed by atoms with Crippen LogP contribution in [0.5, 0.6) is 0 Å². The Kier molecular flexibility index (Phi) is 3.68. The lowest BCUT2D eigenvalue weighted by Crippen LogP contribution is -2.40. The predicted octanol–water partition coefficient (Wildman–Crippen LogP) is 4.49. The molecule has 2 aromatic rings. The van der Waals surface area contributed by atoms with Gasteiger partial charge in [0.15, 0.2) is 0 Å². The molecule has 2 aliphatic carbocycles. The van der Waals surface area contributed by atoms with Crippen LogP contribution in [0.2, 0.25) is 0 Å². The van der Waals surface area contributed by atoms with Gasteiger partial charge in [-0.1, -0.05) is 55.5 Å². The molecule has 2 aliphatic rings. The quantitative estimate of drug-likeness (QED) is 0.870. The van der Waals surface area contributed by atoms with Crippen molar-refractivity contribution < 1.29 is 4.79 Å². The van der Waals surface area contributed by atoms with Gasteiger partial charge in [0.1, 0.15) is 0 Å². The van der Waals surface area contributed by atoms with E-state index in [1.54, 1.807) is 0 Å². The highest BCUT2D eigenvalue weighted by atomic mass is 16.1. The summed E-state index contributed by atoms with van der Waals surface area (Å²) in [5.74, 6) is 0.819. The molecule has 2 heteroatoms. The van der Waals surface area contributed by atoms with Gasteiger partial charge in [0.25, 0.3) is 0 Å². The van der Waals surface area contributed by atoms with E-state index in [1.807, 2.05) is 12.1 Å². The van der Waals surface area contributed by atoms with Crippen molar-refractivity contribution in [3.63, 3.8) is 0 Å². The Morgan fingerprint density at radius 2 is 1.39 bits per heavy atom. The minimum atomic E-state index is -0.151. The maximum Gasteiger partial charge on any atom is 0.232 e. The second-order valence-corrected chi connectivity index (χ2v) is 7.07. The monoisotopic (exact) mass is 305 g/mol. The highest BCUT2D eigenvalue weighted by Gasteiger charge is 2.34. The molecule has 0 heterocycles. The van der Waals surface area contributed by atoms with Gasteiger partial charge < -0.3 is 5.32 Å². The molecule has 1 N–H and O–H groups in total. The first-order valence-electron chi connectivity index (χ1n) is 8.72. The summed E-state index contributed by atoms with van der Waals surface area (Å²) < 4.78 is 0. The van der Waals surface area contributed by atoms with E-state index < -0.39 is 0 Å². The first-order chi connectivity index (χ1) is 11.2. The maximum atomic E-state index is 13.0. The molecule has 0 atom stereocenters. The Bertz CT molecular complexity index is 683. The van der Waals surface area contributed by atoms with Gasteiger partial charge in [-0.15, -0.1) is 0 Å². The minimum Gasteiger partial charge on any atom is -0.353 e. The van der Waals surface area contributed by atoms with Gasteiger partial charge in [0, 0.05) is 6.04 Å². The molecule has 1 saturated carbocycles. The lowest BCUT2D eigenvalue weighted by molar-refractivity contribution is -0.122. The third-order valence-corrected chi connectivity index (χ3v) is 5.46. The number of fused-ring (bicyclic) bond motifs is 3. The molecule has 0 aromatic heterocycles. The zero-order valence-electron chi connectivity index (χ0n) is 13.6. The number of carbonyl (C=O) groups excluding carboxylic acids is 1.